The van der Waals surface area contributed by atoms with Gasteiger partial charge >= 0.3 is 0 Å². The fraction of sp³-hybridized carbons (Fsp3) is 0.294. The van der Waals surface area contributed by atoms with Gasteiger partial charge in [-0.15, -0.1) is 0 Å². The van der Waals surface area contributed by atoms with Gasteiger partial charge in [0.1, 0.15) is 11.5 Å². The third-order valence-corrected chi connectivity index (χ3v) is 4.80. The summed E-state index contributed by atoms with van der Waals surface area (Å²) in [5, 5.41) is 13.2. The molecule has 0 radical (unpaired) electrons. The zero-order valence-corrected chi connectivity index (χ0v) is 12.5. The number of nitrogens with zero attached hydrogens (tertiary/aromatic N) is 1. The number of quaternary nitrogens is 1. The standard InChI is InChI=1S/C17H16ClNO2/c1-19(20)9-14-12-4-2-3-5-16(12)21-17-7-6-11(18)8-13(17)15(14)10-19/h2-8,14-15H,9-10H2,1H3/t14-,15+,19+/m0/s1. The molecule has 0 saturated carbocycles. The Bertz CT molecular complexity index is 714. The van der Waals surface area contributed by atoms with Gasteiger partial charge in [-0.2, -0.15) is 0 Å². The van der Waals surface area contributed by atoms with Gasteiger partial charge in [-0.25, -0.2) is 0 Å². The molecule has 2 heterocycles. The van der Waals surface area contributed by atoms with Crippen LogP contribution in [0.25, 0.3) is 0 Å². The summed E-state index contributed by atoms with van der Waals surface area (Å²) >= 11 is 6.16. The van der Waals surface area contributed by atoms with Gasteiger partial charge < -0.3 is 14.6 Å². The Morgan fingerprint density at radius 3 is 2.52 bits per heavy atom. The second kappa shape index (κ2) is 4.47. The van der Waals surface area contributed by atoms with Crippen molar-refractivity contribution in [3.63, 3.8) is 0 Å². The number of hydrogen-bond acceptors (Lipinski definition) is 2. The van der Waals surface area contributed by atoms with Crippen molar-refractivity contribution in [2.24, 2.45) is 0 Å². The van der Waals surface area contributed by atoms with E-state index in [2.05, 4.69) is 6.07 Å². The number of rotatable bonds is 0. The summed E-state index contributed by atoms with van der Waals surface area (Å²) in [6, 6.07) is 13.7. The lowest BCUT2D eigenvalue weighted by atomic mass is 9.84. The highest BCUT2D eigenvalue weighted by Crippen LogP contribution is 2.51. The molecule has 21 heavy (non-hydrogen) atoms. The van der Waals surface area contributed by atoms with Crippen molar-refractivity contribution >= 4 is 11.6 Å². The van der Waals surface area contributed by atoms with Gasteiger partial charge in [-0.05, 0) is 24.3 Å². The number of hydroxylamine groups is 3. The fourth-order valence-electron chi connectivity index (χ4n) is 3.69. The second-order valence-electron chi connectivity index (χ2n) is 6.20. The maximum Gasteiger partial charge on any atom is 0.131 e. The summed E-state index contributed by atoms with van der Waals surface area (Å²) in [4.78, 5) is 0. The fourth-order valence-corrected chi connectivity index (χ4v) is 3.87. The highest BCUT2D eigenvalue weighted by molar-refractivity contribution is 6.30. The predicted octanol–water partition coefficient (Wildman–Crippen LogP) is 4.27. The van der Waals surface area contributed by atoms with Gasteiger partial charge in [-0.3, -0.25) is 0 Å². The molecule has 0 aliphatic carbocycles. The van der Waals surface area contributed by atoms with Crippen LogP contribution in [0.3, 0.4) is 0 Å². The van der Waals surface area contributed by atoms with Crippen LogP contribution in [0.15, 0.2) is 42.5 Å². The van der Waals surface area contributed by atoms with Crippen molar-refractivity contribution in [1.29, 1.82) is 0 Å². The van der Waals surface area contributed by atoms with Crippen LogP contribution in [0.4, 0.5) is 0 Å². The zero-order valence-electron chi connectivity index (χ0n) is 11.8. The molecule has 4 rings (SSSR count). The second-order valence-corrected chi connectivity index (χ2v) is 6.63. The minimum Gasteiger partial charge on any atom is -0.633 e. The number of halogens is 1. The first-order valence-corrected chi connectivity index (χ1v) is 7.53. The molecule has 2 aromatic rings. The monoisotopic (exact) mass is 301 g/mol. The molecule has 2 aliphatic heterocycles. The van der Waals surface area contributed by atoms with Crippen molar-refractivity contribution in [3.05, 3.63) is 63.8 Å². The van der Waals surface area contributed by atoms with Crippen LogP contribution < -0.4 is 4.74 Å². The molecular weight excluding hydrogens is 286 g/mol. The summed E-state index contributed by atoms with van der Waals surface area (Å²) < 4.78 is 5.88. The lowest BCUT2D eigenvalue weighted by Gasteiger charge is -2.34. The quantitative estimate of drug-likeness (QED) is 0.537. The van der Waals surface area contributed by atoms with Gasteiger partial charge in [-0.1, -0.05) is 29.8 Å². The Kier molecular flexibility index (Phi) is 2.80. The maximum atomic E-state index is 12.5. The van der Waals surface area contributed by atoms with Crippen molar-refractivity contribution in [2.45, 2.75) is 11.8 Å². The van der Waals surface area contributed by atoms with Crippen molar-refractivity contribution < 1.29 is 9.38 Å². The topological polar surface area (TPSA) is 32.3 Å². The van der Waals surface area contributed by atoms with Crippen LogP contribution in [0, 0.1) is 5.21 Å². The molecule has 0 bridgehead atoms. The highest BCUT2D eigenvalue weighted by atomic mass is 35.5. The van der Waals surface area contributed by atoms with E-state index in [-0.39, 0.29) is 16.5 Å². The minimum absolute atomic E-state index is 0.157. The zero-order chi connectivity index (χ0) is 14.6. The van der Waals surface area contributed by atoms with E-state index >= 15 is 0 Å². The first kappa shape index (κ1) is 13.1. The molecule has 1 saturated heterocycles. The Balaban J connectivity index is 1.94. The van der Waals surface area contributed by atoms with Gasteiger partial charge in [0.15, 0.2) is 0 Å². The maximum absolute atomic E-state index is 12.5. The van der Waals surface area contributed by atoms with Gasteiger partial charge in [0, 0.05) is 28.0 Å². The van der Waals surface area contributed by atoms with Crippen LogP contribution in [-0.2, 0) is 0 Å². The minimum atomic E-state index is -0.213. The molecule has 3 nitrogen and oxygen atoms in total. The average Bonchev–Trinajstić information content (AvgIpc) is 2.71. The average molecular weight is 302 g/mol. The number of ether oxygens (including phenoxy) is 1. The summed E-state index contributed by atoms with van der Waals surface area (Å²) in [6.07, 6.45) is 0. The molecule has 108 valence electrons. The molecule has 0 amide bonds. The van der Waals surface area contributed by atoms with E-state index in [0.29, 0.717) is 18.1 Å². The third kappa shape index (κ3) is 2.13. The molecule has 0 spiro atoms. The number of para-hydroxylation sites is 1. The normalized spacial score (nSPS) is 29.9. The summed E-state index contributed by atoms with van der Waals surface area (Å²) in [5.41, 5.74) is 2.19. The van der Waals surface area contributed by atoms with Crippen LogP contribution >= 0.6 is 11.6 Å². The van der Waals surface area contributed by atoms with E-state index in [4.69, 9.17) is 16.3 Å². The lowest BCUT2D eigenvalue weighted by Crippen LogP contribution is -2.34. The van der Waals surface area contributed by atoms with E-state index < -0.39 is 0 Å². The summed E-state index contributed by atoms with van der Waals surface area (Å²) in [5.74, 6) is 2.02. The van der Waals surface area contributed by atoms with E-state index in [9.17, 15) is 5.21 Å². The van der Waals surface area contributed by atoms with E-state index in [0.717, 1.165) is 22.6 Å². The highest BCUT2D eigenvalue weighted by Gasteiger charge is 2.44. The van der Waals surface area contributed by atoms with Crippen molar-refractivity contribution in [2.75, 3.05) is 20.1 Å². The molecule has 3 atom stereocenters. The number of likely N-dealkylation sites (N-methyl/N-ethyl adjacent to an activating group) is 1. The smallest absolute Gasteiger partial charge is 0.131 e. The van der Waals surface area contributed by atoms with Crippen LogP contribution in [0.2, 0.25) is 5.02 Å². The molecule has 2 aromatic carbocycles. The van der Waals surface area contributed by atoms with Gasteiger partial charge in [0.2, 0.25) is 0 Å². The Morgan fingerprint density at radius 2 is 1.71 bits per heavy atom. The predicted molar refractivity (Wildman–Crippen MR) is 82.7 cm³/mol. The van der Waals surface area contributed by atoms with Gasteiger partial charge in [0.25, 0.3) is 0 Å². The molecule has 0 aromatic heterocycles. The van der Waals surface area contributed by atoms with Crippen LogP contribution in [0.1, 0.15) is 23.0 Å². The SMILES string of the molecule is C[N@+]1([O-])C[C@@H]2c3cc(Cl)ccc3Oc3ccccc3[C@@H]2C1. The molecule has 4 heteroatoms. The van der Waals surface area contributed by atoms with Crippen LogP contribution in [-0.4, -0.2) is 24.8 Å². The molecule has 0 unspecified atom stereocenters. The molecule has 1 fully saturated rings. The largest absolute Gasteiger partial charge is 0.633 e. The number of likely N-dealkylation sites (tertiary alicyclic amines) is 1. The molecule has 0 N–H and O–H groups in total. The molecule has 2 aliphatic rings. The Morgan fingerprint density at radius 1 is 1.05 bits per heavy atom. The number of fused-ring (bicyclic) bond motifs is 5. The number of benzene rings is 2. The van der Waals surface area contributed by atoms with Crippen molar-refractivity contribution in [1.82, 2.24) is 0 Å². The molecular formula is C17H16ClNO2. The number of hydrogen-bond donors (Lipinski definition) is 0. The first-order chi connectivity index (χ1) is 10.0. The van der Waals surface area contributed by atoms with Gasteiger partial charge in [0.05, 0.1) is 20.1 Å². The summed E-state index contributed by atoms with van der Waals surface area (Å²) in [7, 11) is 1.75. The summed E-state index contributed by atoms with van der Waals surface area (Å²) in [6.45, 7) is 1.15. The first-order valence-electron chi connectivity index (χ1n) is 7.15. The van der Waals surface area contributed by atoms with E-state index in [1.807, 2.05) is 36.4 Å². The Labute approximate surface area is 128 Å². The van der Waals surface area contributed by atoms with E-state index in [1.165, 1.54) is 0 Å². The van der Waals surface area contributed by atoms with E-state index in [1.54, 1.807) is 7.05 Å². The Hall–Kier alpha value is -1.55. The lowest BCUT2D eigenvalue weighted by molar-refractivity contribution is -0.848. The third-order valence-electron chi connectivity index (χ3n) is 4.56. The van der Waals surface area contributed by atoms with Crippen LogP contribution in [0.5, 0.6) is 11.5 Å². The van der Waals surface area contributed by atoms with Crippen molar-refractivity contribution in [3.8, 4) is 11.5 Å².